The predicted octanol–water partition coefficient (Wildman–Crippen LogP) is 2.91. The van der Waals surface area contributed by atoms with Crippen LogP contribution in [0.4, 0.5) is 0 Å². The van der Waals surface area contributed by atoms with Gasteiger partial charge in [0, 0.05) is 0 Å². The molecule has 0 aromatic carbocycles. The van der Waals surface area contributed by atoms with E-state index in [2.05, 4.69) is 49.9 Å². The van der Waals surface area contributed by atoms with E-state index in [4.69, 9.17) is 0 Å². The number of hydrogen-bond acceptors (Lipinski definition) is 0. The first-order chi connectivity index (χ1) is 5.42. The third kappa shape index (κ3) is 10.0. The van der Waals surface area contributed by atoms with Crippen molar-refractivity contribution in [2.45, 2.75) is 38.8 Å². The van der Waals surface area contributed by atoms with Crippen LogP contribution in [0.3, 0.4) is 0 Å². The molecule has 68 valence electrons. The van der Waals surface area contributed by atoms with E-state index in [1.54, 1.807) is 0 Å². The first kappa shape index (κ1) is 12.0. The molecule has 0 unspecified atom stereocenters. The Hall–Kier alpha value is 0.0364. The Labute approximate surface area is 84.0 Å². The molecule has 0 rings (SSSR count). The number of allylic oxidation sites excluding steroid dienone is 2. The Morgan fingerprint density at radius 2 is 1.92 bits per heavy atom. The van der Waals surface area contributed by atoms with Gasteiger partial charge < -0.3 is 0 Å². The average Bonchev–Trinajstić information content (AvgIpc) is 1.83. The summed E-state index contributed by atoms with van der Waals surface area (Å²) in [6, 6.07) is 0. The molecule has 0 atom stereocenters. The summed E-state index contributed by atoms with van der Waals surface area (Å²) >= 11 is 0.511. The second kappa shape index (κ2) is 5.64. The first-order valence-electron chi connectivity index (χ1n) is 4.19. The van der Waals surface area contributed by atoms with Crippen molar-refractivity contribution in [1.29, 1.82) is 0 Å². The quantitative estimate of drug-likeness (QED) is 0.304. The summed E-state index contributed by atoms with van der Waals surface area (Å²) in [4.78, 5) is 3.31. The van der Waals surface area contributed by atoms with E-state index in [-0.39, 0.29) is 0 Å². The van der Waals surface area contributed by atoms with Crippen molar-refractivity contribution in [3.8, 4) is 10.4 Å². The Morgan fingerprint density at radius 1 is 1.33 bits per heavy atom. The summed E-state index contributed by atoms with van der Waals surface area (Å²) in [6.45, 7) is 11.1. The summed E-state index contributed by atoms with van der Waals surface area (Å²) in [5, 5.41) is 1.17. The van der Waals surface area contributed by atoms with Crippen molar-refractivity contribution in [2.24, 2.45) is 0 Å². The van der Waals surface area contributed by atoms with Crippen LogP contribution in [-0.4, -0.2) is 23.0 Å². The topological polar surface area (TPSA) is 0 Å². The summed E-state index contributed by atoms with van der Waals surface area (Å²) in [5.74, 6) is 0. The van der Waals surface area contributed by atoms with Crippen LogP contribution in [0.5, 0.6) is 0 Å². The number of rotatable bonds is 2. The molecule has 0 spiro atoms. The van der Waals surface area contributed by atoms with Gasteiger partial charge in [-0.05, 0) is 0 Å². The van der Waals surface area contributed by atoms with Gasteiger partial charge in [0.1, 0.15) is 0 Å². The van der Waals surface area contributed by atoms with E-state index in [1.165, 1.54) is 10.9 Å². The molecule has 0 aliphatic heterocycles. The standard InChI is InChI=1S/C10H18SeSi/c1-10(2)6-7-11-8-9-12(3,4)5/h6H,7H2,1-5H3. The molecule has 12 heavy (non-hydrogen) atoms. The SMILES string of the molecule is CC(C)=CC[Se]C#C[Si](C)(C)C. The molecule has 0 aliphatic carbocycles. The molecule has 0 heterocycles. The average molecular weight is 245 g/mol. The molecular formula is C10H18SeSi. The van der Waals surface area contributed by atoms with E-state index >= 15 is 0 Å². The van der Waals surface area contributed by atoms with E-state index in [9.17, 15) is 0 Å². The van der Waals surface area contributed by atoms with Gasteiger partial charge in [-0.25, -0.2) is 0 Å². The molecule has 0 radical (unpaired) electrons. The fourth-order valence-corrected chi connectivity index (χ4v) is 4.25. The van der Waals surface area contributed by atoms with Crippen LogP contribution in [0, 0.1) is 10.4 Å². The van der Waals surface area contributed by atoms with Crippen molar-refractivity contribution in [2.75, 3.05) is 0 Å². The van der Waals surface area contributed by atoms with E-state index in [1.807, 2.05) is 0 Å². The van der Waals surface area contributed by atoms with E-state index < -0.39 is 8.07 Å². The van der Waals surface area contributed by atoms with Crippen LogP contribution in [0.2, 0.25) is 25.0 Å². The van der Waals surface area contributed by atoms with Crippen molar-refractivity contribution in [3.63, 3.8) is 0 Å². The molecule has 0 fully saturated rings. The Bertz CT molecular complexity index is 208. The molecule has 2 heteroatoms. The predicted molar refractivity (Wildman–Crippen MR) is 61.1 cm³/mol. The molecule has 0 amide bonds. The molecule has 0 aromatic heterocycles. The third-order valence-electron chi connectivity index (χ3n) is 1.07. The van der Waals surface area contributed by atoms with Gasteiger partial charge in [-0.1, -0.05) is 0 Å². The third-order valence-corrected chi connectivity index (χ3v) is 3.57. The van der Waals surface area contributed by atoms with Crippen molar-refractivity contribution in [3.05, 3.63) is 11.6 Å². The Kier molecular flexibility index (Phi) is 5.66. The second-order valence-corrected chi connectivity index (χ2v) is 10.6. The molecule has 0 saturated heterocycles. The fourth-order valence-electron chi connectivity index (χ4n) is 0.439. The maximum atomic E-state index is 3.38. The monoisotopic (exact) mass is 246 g/mol. The van der Waals surface area contributed by atoms with Crippen LogP contribution in [0.25, 0.3) is 0 Å². The van der Waals surface area contributed by atoms with Gasteiger partial charge in [-0.3, -0.25) is 0 Å². The molecule has 0 bridgehead atoms. The van der Waals surface area contributed by atoms with Crippen LogP contribution in [-0.2, 0) is 0 Å². The van der Waals surface area contributed by atoms with Gasteiger partial charge in [0.05, 0.1) is 0 Å². The summed E-state index contributed by atoms with van der Waals surface area (Å²) in [5.41, 5.74) is 4.79. The molecule has 0 aromatic rings. The van der Waals surface area contributed by atoms with Crippen LogP contribution in [0.15, 0.2) is 11.6 Å². The van der Waals surface area contributed by atoms with Gasteiger partial charge in [0.25, 0.3) is 0 Å². The molecule has 0 aliphatic rings. The van der Waals surface area contributed by atoms with Crippen LogP contribution in [0.1, 0.15) is 13.8 Å². The number of hydrogen-bond donors (Lipinski definition) is 0. The maximum absolute atomic E-state index is 3.38. The zero-order valence-corrected chi connectivity index (χ0v) is 11.4. The minimum atomic E-state index is -1.10. The van der Waals surface area contributed by atoms with Gasteiger partial charge in [-0.15, -0.1) is 0 Å². The summed E-state index contributed by atoms with van der Waals surface area (Å²) < 4.78 is 0. The Balaban J connectivity index is 3.68. The normalized spacial score (nSPS) is 10.1. The Morgan fingerprint density at radius 3 is 2.33 bits per heavy atom. The molecule has 0 nitrogen and oxygen atoms in total. The zero-order valence-electron chi connectivity index (χ0n) is 8.69. The molecule has 0 saturated carbocycles. The molecule has 0 N–H and O–H groups in total. The van der Waals surface area contributed by atoms with E-state index in [0.29, 0.717) is 15.0 Å². The van der Waals surface area contributed by atoms with Crippen LogP contribution < -0.4 is 0 Å². The van der Waals surface area contributed by atoms with Gasteiger partial charge >= 0.3 is 83.9 Å². The van der Waals surface area contributed by atoms with Crippen molar-refractivity contribution >= 4 is 23.0 Å². The van der Waals surface area contributed by atoms with Gasteiger partial charge in [0.2, 0.25) is 0 Å². The summed E-state index contributed by atoms with van der Waals surface area (Å²) in [7, 11) is -1.10. The van der Waals surface area contributed by atoms with Crippen molar-refractivity contribution < 1.29 is 0 Å². The van der Waals surface area contributed by atoms with E-state index in [0.717, 1.165) is 0 Å². The minimum absolute atomic E-state index is 0.511. The van der Waals surface area contributed by atoms with Gasteiger partial charge in [0.15, 0.2) is 0 Å². The van der Waals surface area contributed by atoms with Crippen LogP contribution >= 0.6 is 0 Å². The second-order valence-electron chi connectivity index (χ2n) is 4.07. The molecular weight excluding hydrogens is 227 g/mol. The fraction of sp³-hybridized carbons (Fsp3) is 0.600. The summed E-state index contributed by atoms with van der Waals surface area (Å²) in [6.07, 6.45) is 2.28. The zero-order chi connectivity index (χ0) is 9.61. The van der Waals surface area contributed by atoms with Crippen molar-refractivity contribution in [1.82, 2.24) is 0 Å². The first-order valence-corrected chi connectivity index (χ1v) is 9.76. The van der Waals surface area contributed by atoms with Gasteiger partial charge in [-0.2, -0.15) is 0 Å².